The van der Waals surface area contributed by atoms with Gasteiger partial charge in [-0.05, 0) is 24.6 Å². The van der Waals surface area contributed by atoms with Crippen molar-refractivity contribution in [2.75, 3.05) is 13.7 Å². The molecule has 1 amide bonds. The van der Waals surface area contributed by atoms with Gasteiger partial charge in [0, 0.05) is 32.0 Å². The van der Waals surface area contributed by atoms with Crippen LogP contribution in [0.2, 0.25) is 0 Å². The molecule has 2 atom stereocenters. The summed E-state index contributed by atoms with van der Waals surface area (Å²) in [6.07, 6.45) is 0.396. The Hall–Kier alpha value is -1.53. The van der Waals surface area contributed by atoms with E-state index in [-0.39, 0.29) is 18.6 Å². The second-order valence-corrected chi connectivity index (χ2v) is 6.75. The summed E-state index contributed by atoms with van der Waals surface area (Å²) < 4.78 is 31.9. The standard InChI is InChI=1S/C17H24F2N2O2/c1-5-23-14-9-17(20,16(14,2)3)15(22)21(4)10-11-6-7-12(18)13(19)8-11/h6-8,14H,5,9-10,20H2,1-4H3. The molecular formula is C17H24F2N2O2. The predicted molar refractivity (Wildman–Crippen MR) is 83.6 cm³/mol. The summed E-state index contributed by atoms with van der Waals surface area (Å²) in [5.41, 5.74) is 5.37. The van der Waals surface area contributed by atoms with Crippen molar-refractivity contribution in [1.82, 2.24) is 4.90 Å². The number of carbonyl (C=O) groups is 1. The van der Waals surface area contributed by atoms with Crippen LogP contribution in [0.25, 0.3) is 0 Å². The van der Waals surface area contributed by atoms with Crippen molar-refractivity contribution in [1.29, 1.82) is 0 Å². The lowest BCUT2D eigenvalue weighted by atomic mass is 9.54. The second kappa shape index (κ2) is 6.17. The van der Waals surface area contributed by atoms with Gasteiger partial charge in [0.2, 0.25) is 5.91 Å². The van der Waals surface area contributed by atoms with Crippen molar-refractivity contribution in [2.24, 2.45) is 11.1 Å². The van der Waals surface area contributed by atoms with E-state index in [0.29, 0.717) is 18.6 Å². The Bertz CT molecular complexity index is 606. The highest BCUT2D eigenvalue weighted by Crippen LogP contribution is 2.50. The van der Waals surface area contributed by atoms with Crippen LogP contribution in [0.5, 0.6) is 0 Å². The molecule has 1 aliphatic rings. The molecule has 2 unspecified atom stereocenters. The predicted octanol–water partition coefficient (Wildman–Crippen LogP) is 2.46. The largest absolute Gasteiger partial charge is 0.378 e. The molecular weight excluding hydrogens is 302 g/mol. The zero-order valence-corrected chi connectivity index (χ0v) is 14.0. The third-order valence-corrected chi connectivity index (χ3v) is 4.96. The van der Waals surface area contributed by atoms with Crippen LogP contribution in [0, 0.1) is 17.0 Å². The molecule has 128 valence electrons. The topological polar surface area (TPSA) is 55.6 Å². The molecule has 1 fully saturated rings. The molecule has 0 aliphatic heterocycles. The first-order valence-corrected chi connectivity index (χ1v) is 7.73. The van der Waals surface area contributed by atoms with Crippen molar-refractivity contribution in [3.05, 3.63) is 35.4 Å². The Morgan fingerprint density at radius 3 is 2.57 bits per heavy atom. The fourth-order valence-electron chi connectivity index (χ4n) is 3.12. The normalized spacial score (nSPS) is 25.8. The average molecular weight is 326 g/mol. The molecule has 4 nitrogen and oxygen atoms in total. The van der Waals surface area contributed by atoms with Gasteiger partial charge in [0.05, 0.1) is 6.10 Å². The van der Waals surface area contributed by atoms with E-state index in [1.165, 1.54) is 11.0 Å². The summed E-state index contributed by atoms with van der Waals surface area (Å²) in [6, 6.07) is 3.61. The summed E-state index contributed by atoms with van der Waals surface area (Å²) >= 11 is 0. The van der Waals surface area contributed by atoms with Gasteiger partial charge in [0.1, 0.15) is 5.54 Å². The second-order valence-electron chi connectivity index (χ2n) is 6.75. The zero-order valence-electron chi connectivity index (χ0n) is 14.0. The minimum absolute atomic E-state index is 0.0573. The SMILES string of the molecule is CCOC1CC(N)(C(=O)N(C)Cc2ccc(F)c(F)c2)C1(C)C. The molecule has 6 heteroatoms. The number of hydrogen-bond acceptors (Lipinski definition) is 3. The summed E-state index contributed by atoms with van der Waals surface area (Å²) in [5, 5.41) is 0. The molecule has 1 aromatic carbocycles. The number of likely N-dealkylation sites (N-methyl/N-ethyl adjacent to an activating group) is 1. The van der Waals surface area contributed by atoms with E-state index < -0.39 is 22.6 Å². The molecule has 0 spiro atoms. The summed E-state index contributed by atoms with van der Waals surface area (Å²) in [5.74, 6) is -2.05. The van der Waals surface area contributed by atoms with Crippen molar-refractivity contribution in [2.45, 2.75) is 45.4 Å². The third kappa shape index (κ3) is 2.97. The van der Waals surface area contributed by atoms with Crippen molar-refractivity contribution in [3.8, 4) is 0 Å². The maximum atomic E-state index is 13.3. The van der Waals surface area contributed by atoms with Crippen LogP contribution in [-0.2, 0) is 16.1 Å². The first kappa shape index (κ1) is 17.8. The first-order valence-electron chi connectivity index (χ1n) is 7.73. The van der Waals surface area contributed by atoms with E-state index in [9.17, 15) is 13.6 Å². The number of nitrogens with two attached hydrogens (primary N) is 1. The number of carbonyl (C=O) groups excluding carboxylic acids is 1. The van der Waals surface area contributed by atoms with Gasteiger partial charge in [0.25, 0.3) is 0 Å². The van der Waals surface area contributed by atoms with E-state index >= 15 is 0 Å². The van der Waals surface area contributed by atoms with Crippen LogP contribution >= 0.6 is 0 Å². The molecule has 1 aliphatic carbocycles. The molecule has 1 saturated carbocycles. The fourth-order valence-corrected chi connectivity index (χ4v) is 3.12. The van der Waals surface area contributed by atoms with Crippen LogP contribution in [0.4, 0.5) is 8.78 Å². The molecule has 0 radical (unpaired) electrons. The highest BCUT2D eigenvalue weighted by atomic mass is 19.2. The molecule has 1 aromatic rings. The van der Waals surface area contributed by atoms with Gasteiger partial charge in [-0.2, -0.15) is 0 Å². The number of benzene rings is 1. The lowest BCUT2D eigenvalue weighted by molar-refractivity contribution is -0.178. The van der Waals surface area contributed by atoms with Crippen LogP contribution in [0.15, 0.2) is 18.2 Å². The van der Waals surface area contributed by atoms with Crippen LogP contribution in [-0.4, -0.2) is 36.1 Å². The lowest BCUT2D eigenvalue weighted by Crippen LogP contribution is -2.75. The maximum absolute atomic E-state index is 13.3. The molecule has 0 aromatic heterocycles. The third-order valence-electron chi connectivity index (χ3n) is 4.96. The Labute approximate surface area is 135 Å². The molecule has 0 heterocycles. The fraction of sp³-hybridized carbons (Fsp3) is 0.588. The van der Waals surface area contributed by atoms with Gasteiger partial charge in [-0.3, -0.25) is 4.79 Å². The monoisotopic (exact) mass is 326 g/mol. The van der Waals surface area contributed by atoms with Crippen LogP contribution in [0.1, 0.15) is 32.8 Å². The van der Waals surface area contributed by atoms with E-state index in [4.69, 9.17) is 10.5 Å². The Balaban J connectivity index is 2.09. The number of hydrogen-bond donors (Lipinski definition) is 1. The average Bonchev–Trinajstić information content (AvgIpc) is 2.49. The smallest absolute Gasteiger partial charge is 0.243 e. The Kier molecular flexibility index (Phi) is 4.78. The van der Waals surface area contributed by atoms with Crippen LogP contribution < -0.4 is 5.73 Å². The number of amides is 1. The van der Waals surface area contributed by atoms with E-state index in [2.05, 4.69) is 0 Å². The summed E-state index contributed by atoms with van der Waals surface area (Å²) in [4.78, 5) is 14.2. The molecule has 23 heavy (non-hydrogen) atoms. The van der Waals surface area contributed by atoms with Gasteiger partial charge in [-0.15, -0.1) is 0 Å². The summed E-state index contributed by atoms with van der Waals surface area (Å²) in [6.45, 7) is 6.48. The van der Waals surface area contributed by atoms with E-state index in [0.717, 1.165) is 12.1 Å². The van der Waals surface area contributed by atoms with E-state index in [1.807, 2.05) is 20.8 Å². The number of rotatable bonds is 5. The van der Waals surface area contributed by atoms with Crippen molar-refractivity contribution < 1.29 is 18.3 Å². The van der Waals surface area contributed by atoms with Crippen molar-refractivity contribution in [3.63, 3.8) is 0 Å². The highest BCUT2D eigenvalue weighted by Gasteiger charge is 2.63. The van der Waals surface area contributed by atoms with Crippen molar-refractivity contribution >= 4 is 5.91 Å². The lowest BCUT2D eigenvalue weighted by Gasteiger charge is -2.58. The number of halogens is 2. The molecule has 2 rings (SSSR count). The molecule has 2 N–H and O–H groups in total. The number of ether oxygens (including phenoxy) is 1. The Morgan fingerprint density at radius 1 is 1.39 bits per heavy atom. The minimum atomic E-state index is -1.01. The van der Waals surface area contributed by atoms with Gasteiger partial charge < -0.3 is 15.4 Å². The zero-order chi connectivity index (χ0) is 17.4. The molecule has 0 saturated heterocycles. The van der Waals surface area contributed by atoms with Gasteiger partial charge >= 0.3 is 0 Å². The van der Waals surface area contributed by atoms with E-state index in [1.54, 1.807) is 7.05 Å². The van der Waals surface area contributed by atoms with Gasteiger partial charge in [0.15, 0.2) is 11.6 Å². The van der Waals surface area contributed by atoms with Gasteiger partial charge in [-0.1, -0.05) is 19.9 Å². The quantitative estimate of drug-likeness (QED) is 0.904. The van der Waals surface area contributed by atoms with Crippen LogP contribution in [0.3, 0.4) is 0 Å². The van der Waals surface area contributed by atoms with Gasteiger partial charge in [-0.25, -0.2) is 8.78 Å². The molecule has 0 bridgehead atoms. The Morgan fingerprint density at radius 2 is 2.04 bits per heavy atom. The maximum Gasteiger partial charge on any atom is 0.243 e. The minimum Gasteiger partial charge on any atom is -0.378 e. The number of nitrogens with zero attached hydrogens (tertiary/aromatic N) is 1. The first-order chi connectivity index (χ1) is 10.6. The highest BCUT2D eigenvalue weighted by molar-refractivity contribution is 5.88. The summed E-state index contributed by atoms with van der Waals surface area (Å²) in [7, 11) is 1.61.